The van der Waals surface area contributed by atoms with Crippen molar-refractivity contribution in [2.75, 3.05) is 5.32 Å². The maximum atomic E-state index is 9.09. The third-order valence-corrected chi connectivity index (χ3v) is 2.55. The average Bonchev–Trinajstić information content (AvgIpc) is 2.71. The Morgan fingerprint density at radius 3 is 2.93 bits per heavy atom. The average molecular weight is 206 g/mol. The molecule has 1 heterocycles. The zero-order chi connectivity index (χ0) is 9.80. The van der Waals surface area contributed by atoms with Crippen LogP contribution < -0.4 is 5.32 Å². The lowest BCUT2D eigenvalue weighted by atomic mass is 10.2. The zero-order valence-electron chi connectivity index (χ0n) is 7.47. The molecule has 3 nitrogen and oxygen atoms in total. The van der Waals surface area contributed by atoms with E-state index in [1.165, 1.54) is 11.3 Å². The molecule has 2 N–H and O–H groups in total. The van der Waals surface area contributed by atoms with Crippen molar-refractivity contribution in [1.82, 2.24) is 4.98 Å². The number of nitrogens with one attached hydrogen (secondary N) is 1. The summed E-state index contributed by atoms with van der Waals surface area (Å²) in [7, 11) is 0. The Morgan fingerprint density at radius 1 is 1.36 bits per heavy atom. The quantitative estimate of drug-likeness (QED) is 0.810. The number of rotatable bonds is 3. The van der Waals surface area contributed by atoms with Gasteiger partial charge >= 0.3 is 0 Å². The van der Waals surface area contributed by atoms with Crippen LogP contribution in [0.2, 0.25) is 0 Å². The Balaban J connectivity index is 2.24. The van der Waals surface area contributed by atoms with E-state index < -0.39 is 0 Å². The van der Waals surface area contributed by atoms with Gasteiger partial charge in [-0.2, -0.15) is 0 Å². The van der Waals surface area contributed by atoms with E-state index in [1.807, 2.05) is 29.6 Å². The van der Waals surface area contributed by atoms with Crippen LogP contribution in [0.3, 0.4) is 0 Å². The first-order valence-corrected chi connectivity index (χ1v) is 5.13. The first-order valence-electron chi connectivity index (χ1n) is 4.25. The maximum absolute atomic E-state index is 9.09. The van der Waals surface area contributed by atoms with Crippen LogP contribution in [0.1, 0.15) is 5.56 Å². The molecule has 0 amide bonds. The number of anilines is 2. The van der Waals surface area contributed by atoms with Gasteiger partial charge in [-0.15, -0.1) is 11.3 Å². The molecule has 1 aromatic heterocycles. The first-order chi connectivity index (χ1) is 6.90. The molecular formula is C10H10N2OS. The number of hydrogen-bond donors (Lipinski definition) is 2. The highest BCUT2D eigenvalue weighted by atomic mass is 32.1. The number of nitrogens with zero attached hydrogens (tertiary/aromatic N) is 1. The van der Waals surface area contributed by atoms with Gasteiger partial charge in [0.25, 0.3) is 0 Å². The highest BCUT2D eigenvalue weighted by molar-refractivity contribution is 7.13. The summed E-state index contributed by atoms with van der Waals surface area (Å²) in [5, 5.41) is 15.0. The summed E-state index contributed by atoms with van der Waals surface area (Å²) >= 11 is 1.53. The molecule has 0 aliphatic carbocycles. The van der Waals surface area contributed by atoms with E-state index in [1.54, 1.807) is 6.20 Å². The summed E-state index contributed by atoms with van der Waals surface area (Å²) in [6, 6.07) is 7.64. The summed E-state index contributed by atoms with van der Waals surface area (Å²) in [5.74, 6) is 0. The van der Waals surface area contributed by atoms with Crippen molar-refractivity contribution in [1.29, 1.82) is 0 Å². The van der Waals surface area contributed by atoms with Gasteiger partial charge in [0.2, 0.25) is 0 Å². The second-order valence-electron chi connectivity index (χ2n) is 2.78. The lowest BCUT2D eigenvalue weighted by molar-refractivity contribution is 0.282. The normalized spacial score (nSPS) is 10.1. The van der Waals surface area contributed by atoms with Gasteiger partial charge in [-0.05, 0) is 6.07 Å². The van der Waals surface area contributed by atoms with Crippen LogP contribution in [0, 0.1) is 0 Å². The molecular weight excluding hydrogens is 196 g/mol. The summed E-state index contributed by atoms with van der Waals surface area (Å²) in [6.07, 6.45) is 1.74. The lowest BCUT2D eigenvalue weighted by Gasteiger charge is -2.06. The lowest BCUT2D eigenvalue weighted by Crippen LogP contribution is -1.94. The van der Waals surface area contributed by atoms with Gasteiger partial charge in [-0.25, -0.2) is 4.98 Å². The van der Waals surface area contributed by atoms with Crippen molar-refractivity contribution in [3.63, 3.8) is 0 Å². The molecule has 0 aliphatic rings. The number of thiazole rings is 1. The minimum Gasteiger partial charge on any atom is -0.392 e. The number of hydrogen-bond acceptors (Lipinski definition) is 4. The number of para-hydroxylation sites is 1. The molecule has 0 saturated carbocycles. The minimum absolute atomic E-state index is 0.0363. The topological polar surface area (TPSA) is 45.1 Å². The monoisotopic (exact) mass is 206 g/mol. The minimum atomic E-state index is 0.0363. The van der Waals surface area contributed by atoms with E-state index >= 15 is 0 Å². The Kier molecular flexibility index (Phi) is 2.76. The predicted octanol–water partition coefficient (Wildman–Crippen LogP) is 2.38. The molecule has 0 aliphatic heterocycles. The number of aliphatic hydroxyl groups is 1. The molecule has 72 valence electrons. The fourth-order valence-electron chi connectivity index (χ4n) is 1.18. The third-order valence-electron chi connectivity index (χ3n) is 1.86. The Morgan fingerprint density at radius 2 is 2.21 bits per heavy atom. The zero-order valence-corrected chi connectivity index (χ0v) is 8.29. The third kappa shape index (κ3) is 1.92. The molecule has 0 spiro atoms. The highest BCUT2D eigenvalue weighted by Crippen LogP contribution is 2.21. The molecule has 2 aromatic rings. The van der Waals surface area contributed by atoms with Crippen molar-refractivity contribution in [2.24, 2.45) is 0 Å². The highest BCUT2D eigenvalue weighted by Gasteiger charge is 2.01. The molecule has 0 fully saturated rings. The van der Waals surface area contributed by atoms with Crippen molar-refractivity contribution in [2.45, 2.75) is 6.61 Å². The van der Waals surface area contributed by atoms with Crippen molar-refractivity contribution < 1.29 is 5.11 Å². The second kappa shape index (κ2) is 4.21. The molecule has 2 rings (SSSR count). The molecule has 4 heteroatoms. The molecule has 1 aromatic carbocycles. The standard InChI is InChI=1S/C10H10N2OS/c13-7-8-3-1-2-4-9(8)12-10-11-5-6-14-10/h1-6,13H,7H2,(H,11,12). The Labute approximate surface area is 86.1 Å². The van der Waals surface area contributed by atoms with E-state index in [4.69, 9.17) is 5.11 Å². The van der Waals surface area contributed by atoms with Crippen molar-refractivity contribution >= 4 is 22.2 Å². The van der Waals surface area contributed by atoms with Gasteiger partial charge in [0.15, 0.2) is 5.13 Å². The second-order valence-corrected chi connectivity index (χ2v) is 3.67. The Bertz CT molecular complexity index is 400. The van der Waals surface area contributed by atoms with E-state index in [0.717, 1.165) is 16.4 Å². The largest absolute Gasteiger partial charge is 0.392 e. The fraction of sp³-hybridized carbons (Fsp3) is 0.100. The van der Waals surface area contributed by atoms with Crippen LogP contribution in [-0.4, -0.2) is 10.1 Å². The van der Waals surface area contributed by atoms with Crippen molar-refractivity contribution in [3.05, 3.63) is 41.4 Å². The van der Waals surface area contributed by atoms with Crippen LogP contribution in [0.25, 0.3) is 0 Å². The van der Waals surface area contributed by atoms with Gasteiger partial charge in [0.05, 0.1) is 6.61 Å². The van der Waals surface area contributed by atoms with Crippen LogP contribution >= 0.6 is 11.3 Å². The number of aliphatic hydroxyl groups excluding tert-OH is 1. The fourth-order valence-corrected chi connectivity index (χ4v) is 1.72. The first kappa shape index (κ1) is 9.18. The molecule has 14 heavy (non-hydrogen) atoms. The summed E-state index contributed by atoms with van der Waals surface area (Å²) in [4.78, 5) is 4.11. The summed E-state index contributed by atoms with van der Waals surface area (Å²) in [5.41, 5.74) is 1.78. The summed E-state index contributed by atoms with van der Waals surface area (Å²) < 4.78 is 0. The van der Waals surface area contributed by atoms with Gasteiger partial charge in [-0.1, -0.05) is 18.2 Å². The van der Waals surface area contributed by atoms with E-state index in [0.29, 0.717) is 0 Å². The van der Waals surface area contributed by atoms with Crippen LogP contribution in [0.5, 0.6) is 0 Å². The van der Waals surface area contributed by atoms with Crippen LogP contribution in [0.4, 0.5) is 10.8 Å². The van der Waals surface area contributed by atoms with E-state index in [-0.39, 0.29) is 6.61 Å². The summed E-state index contributed by atoms with van der Waals surface area (Å²) in [6.45, 7) is 0.0363. The maximum Gasteiger partial charge on any atom is 0.187 e. The van der Waals surface area contributed by atoms with E-state index in [9.17, 15) is 0 Å². The molecule has 0 bridgehead atoms. The Hall–Kier alpha value is -1.39. The van der Waals surface area contributed by atoms with E-state index in [2.05, 4.69) is 10.3 Å². The smallest absolute Gasteiger partial charge is 0.187 e. The van der Waals surface area contributed by atoms with Gasteiger partial charge in [-0.3, -0.25) is 0 Å². The van der Waals surface area contributed by atoms with Gasteiger partial charge in [0.1, 0.15) is 0 Å². The van der Waals surface area contributed by atoms with Crippen molar-refractivity contribution in [3.8, 4) is 0 Å². The molecule has 0 saturated heterocycles. The number of benzene rings is 1. The molecule has 0 atom stereocenters. The molecule has 0 radical (unpaired) electrons. The van der Waals surface area contributed by atoms with Gasteiger partial charge < -0.3 is 10.4 Å². The SMILES string of the molecule is OCc1ccccc1Nc1nccs1. The van der Waals surface area contributed by atoms with Gasteiger partial charge in [0, 0.05) is 22.8 Å². The molecule has 0 unspecified atom stereocenters. The van der Waals surface area contributed by atoms with Crippen LogP contribution in [0.15, 0.2) is 35.8 Å². The predicted molar refractivity (Wildman–Crippen MR) is 57.8 cm³/mol. The number of aromatic nitrogens is 1. The van der Waals surface area contributed by atoms with Crippen LogP contribution in [-0.2, 0) is 6.61 Å².